The monoisotopic (exact) mass is 848 g/mol. The normalized spacial score (nSPS) is 11.3. The second-order valence-corrected chi connectivity index (χ2v) is 17.4. The molecule has 0 bridgehead atoms. The van der Waals surface area contributed by atoms with Gasteiger partial charge in [0.15, 0.2) is 5.82 Å². The summed E-state index contributed by atoms with van der Waals surface area (Å²) in [6.45, 7) is 8.68. The van der Waals surface area contributed by atoms with E-state index in [0.29, 0.717) is 0 Å². The van der Waals surface area contributed by atoms with Crippen LogP contribution in [0.15, 0.2) is 218 Å². The first-order chi connectivity index (χ1) is 32.3. The molecule has 0 amide bonds. The van der Waals surface area contributed by atoms with Crippen LogP contribution in [-0.4, -0.2) is 14.5 Å². The summed E-state index contributed by atoms with van der Waals surface area (Å²) >= 11 is 0. The summed E-state index contributed by atoms with van der Waals surface area (Å²) in [6, 6.07) is 78.4. The van der Waals surface area contributed by atoms with Crippen molar-refractivity contribution in [2.24, 2.45) is 0 Å². The van der Waals surface area contributed by atoms with Crippen molar-refractivity contribution in [2.45, 2.75) is 27.7 Å². The van der Waals surface area contributed by atoms with Crippen LogP contribution in [0, 0.1) is 27.7 Å². The van der Waals surface area contributed by atoms with Crippen molar-refractivity contribution in [3.63, 3.8) is 0 Å². The average molecular weight is 849 g/mol. The molecule has 0 unspecified atom stereocenters. The number of anilines is 3. The third kappa shape index (κ3) is 7.63. The number of aromatic nitrogens is 3. The molecule has 0 saturated heterocycles. The van der Waals surface area contributed by atoms with Crippen molar-refractivity contribution in [2.75, 3.05) is 4.90 Å². The van der Waals surface area contributed by atoms with Gasteiger partial charge in [-0.2, -0.15) is 0 Å². The number of benzene rings is 9. The number of hydrogen-bond donors (Lipinski definition) is 0. The van der Waals surface area contributed by atoms with Gasteiger partial charge in [-0.15, -0.1) is 0 Å². The Labute approximate surface area is 386 Å². The Morgan fingerprint density at radius 1 is 0.348 bits per heavy atom. The lowest BCUT2D eigenvalue weighted by Crippen LogP contribution is -2.09. The summed E-state index contributed by atoms with van der Waals surface area (Å²) in [7, 11) is 0. The maximum atomic E-state index is 5.08. The van der Waals surface area contributed by atoms with E-state index < -0.39 is 0 Å². The van der Waals surface area contributed by atoms with Crippen molar-refractivity contribution < 1.29 is 0 Å². The minimum absolute atomic E-state index is 0.722. The van der Waals surface area contributed by atoms with Gasteiger partial charge < -0.3 is 9.47 Å². The Morgan fingerprint density at radius 2 is 0.833 bits per heavy atom. The molecule has 0 aliphatic carbocycles. The van der Waals surface area contributed by atoms with Gasteiger partial charge in [-0.3, -0.25) is 0 Å². The molecule has 0 N–H and O–H groups in total. The molecule has 4 nitrogen and oxygen atoms in total. The highest BCUT2D eigenvalue weighted by Gasteiger charge is 2.19. The van der Waals surface area contributed by atoms with E-state index in [1.807, 2.05) is 0 Å². The third-order valence-electron chi connectivity index (χ3n) is 12.8. The van der Waals surface area contributed by atoms with Crippen LogP contribution in [0.2, 0.25) is 0 Å². The van der Waals surface area contributed by atoms with Gasteiger partial charge in [0.2, 0.25) is 0 Å². The lowest BCUT2D eigenvalue weighted by atomic mass is 9.95. The van der Waals surface area contributed by atoms with Crippen LogP contribution in [-0.2, 0) is 0 Å². The molecule has 66 heavy (non-hydrogen) atoms. The summed E-state index contributed by atoms with van der Waals surface area (Å²) in [5.41, 5.74) is 21.5. The molecule has 2 aromatic heterocycles. The average Bonchev–Trinajstić information content (AvgIpc) is 3.69. The van der Waals surface area contributed by atoms with E-state index >= 15 is 0 Å². The fraction of sp³-hybridized carbons (Fsp3) is 0.0645. The number of fused-ring (bicyclic) bond motifs is 3. The van der Waals surface area contributed by atoms with E-state index in [1.54, 1.807) is 0 Å². The van der Waals surface area contributed by atoms with Crippen molar-refractivity contribution in [3.8, 4) is 61.8 Å². The zero-order chi connectivity index (χ0) is 44.7. The third-order valence-corrected chi connectivity index (χ3v) is 12.8. The maximum Gasteiger partial charge on any atom is 0.160 e. The second-order valence-electron chi connectivity index (χ2n) is 17.4. The van der Waals surface area contributed by atoms with E-state index in [2.05, 4.69) is 256 Å². The first-order valence-electron chi connectivity index (χ1n) is 22.6. The summed E-state index contributed by atoms with van der Waals surface area (Å²) in [5.74, 6) is 0.722. The SMILES string of the molecule is Cc1ccc(-c2cc(-c3ccc(-c4ccc(-c5cc(C)c(-n6c7ccccc7c7cc(N(c8ccccc8)c8ccccc8)ccc76)cc5C)cc4)cc3)nc(-c3ccc(C)cc3)n2)cc1. The second kappa shape index (κ2) is 17.0. The minimum Gasteiger partial charge on any atom is -0.310 e. The van der Waals surface area contributed by atoms with E-state index in [-0.39, 0.29) is 0 Å². The van der Waals surface area contributed by atoms with Gasteiger partial charge in [0.05, 0.1) is 22.4 Å². The van der Waals surface area contributed by atoms with Gasteiger partial charge >= 0.3 is 0 Å². The summed E-state index contributed by atoms with van der Waals surface area (Å²) < 4.78 is 2.44. The molecule has 0 saturated carbocycles. The molecule has 0 aliphatic rings. The van der Waals surface area contributed by atoms with Gasteiger partial charge in [0.25, 0.3) is 0 Å². The van der Waals surface area contributed by atoms with Crippen molar-refractivity contribution >= 4 is 38.9 Å². The van der Waals surface area contributed by atoms with Crippen LogP contribution in [0.1, 0.15) is 22.3 Å². The van der Waals surface area contributed by atoms with Gasteiger partial charge in [0, 0.05) is 50.2 Å². The molecule has 2 heterocycles. The Hall–Kier alpha value is -8.34. The number of para-hydroxylation sites is 3. The Bertz CT molecular complexity index is 3410. The molecular weight excluding hydrogens is 801 g/mol. The van der Waals surface area contributed by atoms with Crippen molar-refractivity contribution in [3.05, 3.63) is 241 Å². The molecule has 11 rings (SSSR count). The van der Waals surface area contributed by atoms with Gasteiger partial charge in [0.1, 0.15) is 0 Å². The van der Waals surface area contributed by atoms with E-state index in [1.165, 1.54) is 66.4 Å². The maximum absolute atomic E-state index is 5.08. The highest BCUT2D eigenvalue weighted by atomic mass is 15.1. The van der Waals surface area contributed by atoms with Crippen LogP contribution in [0.3, 0.4) is 0 Å². The van der Waals surface area contributed by atoms with E-state index in [4.69, 9.17) is 9.97 Å². The molecule has 0 spiro atoms. The molecule has 9 aromatic carbocycles. The van der Waals surface area contributed by atoms with Gasteiger partial charge in [-0.05, 0) is 128 Å². The minimum atomic E-state index is 0.722. The molecule has 11 aromatic rings. The van der Waals surface area contributed by atoms with Crippen LogP contribution in [0.25, 0.3) is 83.6 Å². The Kier molecular flexibility index (Phi) is 10.4. The topological polar surface area (TPSA) is 34.0 Å². The Morgan fingerprint density at radius 3 is 1.42 bits per heavy atom. The summed E-state index contributed by atoms with van der Waals surface area (Å²) in [6.07, 6.45) is 0. The molecular formula is C62H48N4. The smallest absolute Gasteiger partial charge is 0.160 e. The highest BCUT2D eigenvalue weighted by Crippen LogP contribution is 2.41. The van der Waals surface area contributed by atoms with Crippen LogP contribution in [0.4, 0.5) is 17.1 Å². The Balaban J connectivity index is 0.900. The molecule has 0 atom stereocenters. The molecule has 316 valence electrons. The van der Waals surface area contributed by atoms with Crippen LogP contribution in [0.5, 0.6) is 0 Å². The predicted octanol–water partition coefficient (Wildman–Crippen LogP) is 16.6. The number of hydrogen-bond acceptors (Lipinski definition) is 3. The number of nitrogens with zero attached hydrogens (tertiary/aromatic N) is 4. The first kappa shape index (κ1) is 40.4. The standard InChI is InChI=1S/C62H48N4/c1-41-19-23-48(24-20-41)57-40-58(64-62(63-57)50-25-21-42(2)22-26-50)49-33-29-46(30-34-49)45-27-31-47(32-28-45)55-37-44(4)61(38-43(55)3)66-59-18-12-11-17-54(59)56-39-53(35-36-60(56)66)65(51-13-7-5-8-14-51)52-15-9-6-10-16-52/h5-40H,1-4H3. The largest absolute Gasteiger partial charge is 0.310 e. The fourth-order valence-electron chi connectivity index (χ4n) is 9.29. The summed E-state index contributed by atoms with van der Waals surface area (Å²) in [5, 5.41) is 2.46. The lowest BCUT2D eigenvalue weighted by Gasteiger charge is -2.25. The zero-order valence-corrected chi connectivity index (χ0v) is 37.6. The van der Waals surface area contributed by atoms with Gasteiger partial charge in [-0.25, -0.2) is 9.97 Å². The van der Waals surface area contributed by atoms with Crippen molar-refractivity contribution in [1.29, 1.82) is 0 Å². The van der Waals surface area contributed by atoms with Crippen molar-refractivity contribution in [1.82, 2.24) is 14.5 Å². The molecule has 4 heteroatoms. The molecule has 0 fully saturated rings. The van der Waals surface area contributed by atoms with Crippen LogP contribution >= 0.6 is 0 Å². The van der Waals surface area contributed by atoms with Gasteiger partial charge in [-0.1, -0.05) is 163 Å². The van der Waals surface area contributed by atoms with E-state index in [0.717, 1.165) is 56.5 Å². The van der Waals surface area contributed by atoms with E-state index in [9.17, 15) is 0 Å². The zero-order valence-electron chi connectivity index (χ0n) is 37.6. The molecule has 0 radical (unpaired) electrons. The first-order valence-corrected chi connectivity index (χ1v) is 22.6. The number of aryl methyl sites for hydroxylation is 4. The highest BCUT2D eigenvalue weighted by molar-refractivity contribution is 6.11. The number of rotatable bonds is 9. The quantitative estimate of drug-likeness (QED) is 0.145. The fourth-order valence-corrected chi connectivity index (χ4v) is 9.29. The summed E-state index contributed by atoms with van der Waals surface area (Å²) in [4.78, 5) is 12.4. The lowest BCUT2D eigenvalue weighted by molar-refractivity contribution is 1.14. The molecule has 0 aliphatic heterocycles. The van der Waals surface area contributed by atoms with Crippen LogP contribution < -0.4 is 4.90 Å². The predicted molar refractivity (Wildman–Crippen MR) is 277 cm³/mol.